The molecule has 1 N–H and O–H groups in total. The second-order valence-electron chi connectivity index (χ2n) is 10.3. The van der Waals surface area contributed by atoms with Crippen LogP contribution in [0.2, 0.25) is 0 Å². The Morgan fingerprint density at radius 3 is 2.53 bits per heavy atom. The Kier molecular flexibility index (Phi) is 6.37. The summed E-state index contributed by atoms with van der Waals surface area (Å²) in [4.78, 5) is 44.4. The molecule has 3 heterocycles. The van der Waals surface area contributed by atoms with E-state index in [1.54, 1.807) is 0 Å². The van der Waals surface area contributed by atoms with Gasteiger partial charge in [0.25, 0.3) is 5.91 Å². The molecule has 3 saturated heterocycles. The van der Waals surface area contributed by atoms with Gasteiger partial charge in [-0.15, -0.1) is 0 Å². The van der Waals surface area contributed by atoms with Gasteiger partial charge in [0.15, 0.2) is 0 Å². The highest BCUT2D eigenvalue weighted by atomic mass is 16.2. The molecule has 0 aromatic heterocycles. The van der Waals surface area contributed by atoms with Crippen LogP contribution in [0, 0.1) is 17.8 Å². The van der Waals surface area contributed by atoms with Gasteiger partial charge < -0.3 is 15.1 Å². The lowest BCUT2D eigenvalue weighted by Gasteiger charge is -2.38. The van der Waals surface area contributed by atoms with Crippen molar-refractivity contribution in [1.29, 1.82) is 0 Å². The average Bonchev–Trinajstić information content (AvgIpc) is 2.97. The zero-order chi connectivity index (χ0) is 21.3. The number of nitrogens with zero attached hydrogens (tertiary/aromatic N) is 3. The molecule has 168 valence electrons. The van der Waals surface area contributed by atoms with E-state index < -0.39 is 11.6 Å². The molecule has 0 bridgehead atoms. The van der Waals surface area contributed by atoms with Crippen LogP contribution in [0.1, 0.15) is 65.2 Å². The van der Waals surface area contributed by atoms with Crippen LogP contribution in [-0.2, 0) is 9.59 Å². The Morgan fingerprint density at radius 1 is 1.03 bits per heavy atom. The zero-order valence-electron chi connectivity index (χ0n) is 18.7. The second-order valence-corrected chi connectivity index (χ2v) is 10.3. The Balaban J connectivity index is 1.33. The van der Waals surface area contributed by atoms with Crippen molar-refractivity contribution in [3.8, 4) is 0 Å². The van der Waals surface area contributed by atoms with Gasteiger partial charge in [-0.25, -0.2) is 4.79 Å². The molecule has 1 spiro atoms. The highest BCUT2D eigenvalue weighted by Gasteiger charge is 2.55. The number of urea groups is 1. The summed E-state index contributed by atoms with van der Waals surface area (Å²) in [6.07, 6.45) is 8.35. The topological polar surface area (TPSA) is 73.0 Å². The number of amides is 4. The number of rotatable bonds is 4. The molecule has 4 fully saturated rings. The van der Waals surface area contributed by atoms with E-state index in [9.17, 15) is 14.4 Å². The van der Waals surface area contributed by atoms with Crippen LogP contribution in [0.3, 0.4) is 0 Å². The Morgan fingerprint density at radius 2 is 1.80 bits per heavy atom. The summed E-state index contributed by atoms with van der Waals surface area (Å²) in [6.45, 7) is 9.11. The maximum atomic E-state index is 13.1. The Bertz CT molecular complexity index is 675. The van der Waals surface area contributed by atoms with Crippen LogP contribution in [0.4, 0.5) is 4.79 Å². The van der Waals surface area contributed by atoms with Gasteiger partial charge in [0, 0.05) is 19.6 Å². The highest BCUT2D eigenvalue weighted by Crippen LogP contribution is 2.38. The first kappa shape index (κ1) is 21.6. The first-order chi connectivity index (χ1) is 14.4. The molecule has 0 radical (unpaired) electrons. The molecule has 0 aromatic rings. The smallest absolute Gasteiger partial charge is 0.325 e. The van der Waals surface area contributed by atoms with Crippen LogP contribution in [0.15, 0.2) is 0 Å². The van der Waals surface area contributed by atoms with Gasteiger partial charge in [-0.3, -0.25) is 14.5 Å². The molecule has 4 aliphatic rings. The third-order valence-electron chi connectivity index (χ3n) is 8.06. The summed E-state index contributed by atoms with van der Waals surface area (Å²) >= 11 is 0. The van der Waals surface area contributed by atoms with E-state index in [1.165, 1.54) is 17.7 Å². The Hall–Kier alpha value is -1.63. The Labute approximate surface area is 180 Å². The number of nitrogens with one attached hydrogen (secondary N) is 1. The molecule has 4 rings (SSSR count). The van der Waals surface area contributed by atoms with E-state index >= 15 is 0 Å². The SMILES string of the molecule is CC1CCN(CC2CCCN(C(=O)CN3C(=O)NC4(CCCCC4C)C3=O)C2)CC1. The van der Waals surface area contributed by atoms with Crippen LogP contribution >= 0.6 is 0 Å². The van der Waals surface area contributed by atoms with Crippen molar-refractivity contribution in [2.24, 2.45) is 17.8 Å². The molecule has 3 aliphatic heterocycles. The van der Waals surface area contributed by atoms with Gasteiger partial charge in [-0.2, -0.15) is 0 Å². The number of imide groups is 1. The normalized spacial score (nSPS) is 33.9. The van der Waals surface area contributed by atoms with E-state index in [0.717, 1.165) is 70.7 Å². The van der Waals surface area contributed by atoms with Crippen LogP contribution in [-0.4, -0.2) is 77.4 Å². The first-order valence-electron chi connectivity index (χ1n) is 12.0. The number of hydrogen-bond donors (Lipinski definition) is 1. The predicted octanol–water partition coefficient (Wildman–Crippen LogP) is 2.46. The molecule has 1 aliphatic carbocycles. The lowest BCUT2D eigenvalue weighted by molar-refractivity contribution is -0.141. The number of hydrogen-bond acceptors (Lipinski definition) is 4. The van der Waals surface area contributed by atoms with Crippen LogP contribution in [0.25, 0.3) is 0 Å². The zero-order valence-corrected chi connectivity index (χ0v) is 18.7. The standard InChI is InChI=1S/C23H38N4O3/c1-17-8-12-25(13-9-17)14-19-7-5-11-26(15-19)20(28)16-27-21(29)23(24-22(27)30)10-4-3-6-18(23)2/h17-19H,3-16H2,1-2H3,(H,24,30). The summed E-state index contributed by atoms with van der Waals surface area (Å²) in [5, 5.41) is 2.95. The fraction of sp³-hybridized carbons (Fsp3) is 0.870. The van der Waals surface area contributed by atoms with Crippen LogP contribution in [0.5, 0.6) is 0 Å². The molecule has 1 saturated carbocycles. The summed E-state index contributed by atoms with van der Waals surface area (Å²) < 4.78 is 0. The third-order valence-corrected chi connectivity index (χ3v) is 8.06. The molecule has 0 aromatic carbocycles. The highest BCUT2D eigenvalue weighted by molar-refractivity contribution is 6.09. The molecular formula is C23H38N4O3. The van der Waals surface area contributed by atoms with Gasteiger partial charge in [-0.1, -0.05) is 26.7 Å². The number of carbonyl (C=O) groups is 3. The van der Waals surface area contributed by atoms with Crippen molar-refractivity contribution in [3.05, 3.63) is 0 Å². The summed E-state index contributed by atoms with van der Waals surface area (Å²) in [5.41, 5.74) is -0.786. The van der Waals surface area contributed by atoms with E-state index in [-0.39, 0.29) is 24.3 Å². The van der Waals surface area contributed by atoms with Crippen molar-refractivity contribution >= 4 is 17.8 Å². The van der Waals surface area contributed by atoms with Gasteiger partial charge in [0.05, 0.1) is 0 Å². The number of piperidine rings is 2. The average molecular weight is 419 g/mol. The van der Waals surface area contributed by atoms with E-state index in [0.29, 0.717) is 12.3 Å². The fourth-order valence-corrected chi connectivity index (χ4v) is 5.92. The maximum Gasteiger partial charge on any atom is 0.325 e. The minimum absolute atomic E-state index is 0.0871. The molecule has 7 nitrogen and oxygen atoms in total. The van der Waals surface area contributed by atoms with Crippen molar-refractivity contribution in [2.75, 3.05) is 39.3 Å². The summed E-state index contributed by atoms with van der Waals surface area (Å²) in [7, 11) is 0. The third kappa shape index (κ3) is 4.23. The van der Waals surface area contributed by atoms with Crippen molar-refractivity contribution in [2.45, 2.75) is 70.8 Å². The van der Waals surface area contributed by atoms with Gasteiger partial charge in [-0.05, 0) is 69.4 Å². The quantitative estimate of drug-likeness (QED) is 0.712. The molecule has 7 heteroatoms. The largest absolute Gasteiger partial charge is 0.341 e. The van der Waals surface area contributed by atoms with Gasteiger partial charge in [0.1, 0.15) is 12.1 Å². The van der Waals surface area contributed by atoms with E-state index in [1.807, 2.05) is 11.8 Å². The fourth-order valence-electron chi connectivity index (χ4n) is 5.92. The molecule has 3 atom stereocenters. The molecule has 4 amide bonds. The number of likely N-dealkylation sites (tertiary alicyclic amines) is 2. The minimum Gasteiger partial charge on any atom is -0.341 e. The summed E-state index contributed by atoms with van der Waals surface area (Å²) in [6, 6.07) is -0.391. The minimum atomic E-state index is -0.786. The lowest BCUT2D eigenvalue weighted by Crippen LogP contribution is -2.54. The van der Waals surface area contributed by atoms with E-state index in [4.69, 9.17) is 0 Å². The van der Waals surface area contributed by atoms with Crippen molar-refractivity contribution < 1.29 is 14.4 Å². The lowest BCUT2D eigenvalue weighted by atomic mass is 9.73. The molecule has 30 heavy (non-hydrogen) atoms. The predicted molar refractivity (Wildman–Crippen MR) is 115 cm³/mol. The van der Waals surface area contributed by atoms with Gasteiger partial charge in [0.2, 0.25) is 5.91 Å². The van der Waals surface area contributed by atoms with Crippen molar-refractivity contribution in [1.82, 2.24) is 20.0 Å². The molecular weight excluding hydrogens is 380 g/mol. The van der Waals surface area contributed by atoms with Gasteiger partial charge >= 0.3 is 6.03 Å². The summed E-state index contributed by atoms with van der Waals surface area (Å²) in [5.74, 6) is 1.16. The second kappa shape index (κ2) is 8.85. The number of carbonyl (C=O) groups excluding carboxylic acids is 3. The van der Waals surface area contributed by atoms with E-state index in [2.05, 4.69) is 17.1 Å². The maximum absolute atomic E-state index is 13.1. The first-order valence-corrected chi connectivity index (χ1v) is 12.0. The van der Waals surface area contributed by atoms with Crippen LogP contribution < -0.4 is 5.32 Å². The monoisotopic (exact) mass is 418 g/mol. The molecule has 3 unspecified atom stereocenters. The van der Waals surface area contributed by atoms with Crippen molar-refractivity contribution in [3.63, 3.8) is 0 Å².